The summed E-state index contributed by atoms with van der Waals surface area (Å²) in [5.74, 6) is -0.0955. The van der Waals surface area contributed by atoms with E-state index in [1.807, 2.05) is 0 Å². The van der Waals surface area contributed by atoms with Gasteiger partial charge in [-0.15, -0.1) is 0 Å². The van der Waals surface area contributed by atoms with Crippen LogP contribution in [0.5, 0.6) is 0 Å². The lowest BCUT2D eigenvalue weighted by Gasteiger charge is -2.23. The normalized spacial score (nSPS) is 17.2. The summed E-state index contributed by atoms with van der Waals surface area (Å²) in [6, 6.07) is 5.14. The summed E-state index contributed by atoms with van der Waals surface area (Å²) in [6.07, 6.45) is 7.68. The van der Waals surface area contributed by atoms with E-state index < -0.39 is 0 Å². The molecule has 1 fully saturated rings. The summed E-state index contributed by atoms with van der Waals surface area (Å²) in [4.78, 5) is 14.1. The zero-order valence-electron chi connectivity index (χ0n) is 12.5. The van der Waals surface area contributed by atoms with Crippen LogP contribution in [-0.4, -0.2) is 36.7 Å². The van der Waals surface area contributed by atoms with Crippen LogP contribution in [0.1, 0.15) is 37.7 Å². The van der Waals surface area contributed by atoms with Crippen LogP contribution in [0.25, 0.3) is 0 Å². The van der Waals surface area contributed by atoms with Crippen molar-refractivity contribution in [1.82, 2.24) is 10.3 Å². The fraction of sp³-hybridized carbons (Fsp3) is 0.500. The average Bonchev–Trinajstić information content (AvgIpc) is 2.44. The van der Waals surface area contributed by atoms with Gasteiger partial charge >= 0.3 is 0 Å². The molecular formula is C16H21Cl2N3O. The molecule has 22 heavy (non-hydrogen) atoms. The molecule has 1 aliphatic heterocycles. The molecule has 4 nitrogen and oxygen atoms in total. The van der Waals surface area contributed by atoms with E-state index in [2.05, 4.69) is 15.4 Å². The molecule has 1 amide bonds. The maximum Gasteiger partial charge on any atom is 0.254 e. The van der Waals surface area contributed by atoms with E-state index in [-0.39, 0.29) is 5.91 Å². The Bertz CT molecular complexity index is 526. The van der Waals surface area contributed by atoms with Crippen molar-refractivity contribution < 1.29 is 4.79 Å². The first kappa shape index (κ1) is 17.3. The number of hydrogen-bond acceptors (Lipinski definition) is 3. The number of nitrogens with zero attached hydrogens (tertiary/aromatic N) is 2. The van der Waals surface area contributed by atoms with Crippen molar-refractivity contribution in [3.63, 3.8) is 0 Å². The highest BCUT2D eigenvalue weighted by atomic mass is 35.5. The molecule has 1 N–H and O–H groups in total. The number of benzene rings is 1. The van der Waals surface area contributed by atoms with Crippen LogP contribution in [0.4, 0.5) is 0 Å². The van der Waals surface area contributed by atoms with Gasteiger partial charge in [-0.3, -0.25) is 9.69 Å². The topological polar surface area (TPSA) is 44.7 Å². The number of rotatable bonds is 4. The number of carbonyl (C=O) groups is 1. The Morgan fingerprint density at radius 1 is 1.18 bits per heavy atom. The molecule has 0 aliphatic carbocycles. The summed E-state index contributed by atoms with van der Waals surface area (Å²) >= 11 is 11.9. The molecule has 2 rings (SSSR count). The molecule has 1 aliphatic rings. The summed E-state index contributed by atoms with van der Waals surface area (Å²) in [7, 11) is 0. The maximum atomic E-state index is 11.9. The van der Waals surface area contributed by atoms with E-state index in [0.29, 0.717) is 16.6 Å². The highest BCUT2D eigenvalue weighted by Gasteiger charge is 2.11. The molecule has 0 bridgehead atoms. The Kier molecular flexibility index (Phi) is 7.16. The van der Waals surface area contributed by atoms with Crippen molar-refractivity contribution in [2.24, 2.45) is 5.10 Å². The second kappa shape index (κ2) is 9.13. The van der Waals surface area contributed by atoms with E-state index in [0.717, 1.165) is 31.5 Å². The molecule has 1 saturated heterocycles. The minimum Gasteiger partial charge on any atom is -0.294 e. The first-order valence-corrected chi connectivity index (χ1v) is 8.40. The van der Waals surface area contributed by atoms with Crippen molar-refractivity contribution in [2.45, 2.75) is 32.1 Å². The van der Waals surface area contributed by atoms with Crippen LogP contribution < -0.4 is 5.43 Å². The Labute approximate surface area is 141 Å². The monoisotopic (exact) mass is 341 g/mol. The van der Waals surface area contributed by atoms with E-state index in [1.165, 1.54) is 25.5 Å². The molecule has 0 radical (unpaired) electrons. The van der Waals surface area contributed by atoms with Crippen LogP contribution in [0.15, 0.2) is 23.3 Å². The highest BCUT2D eigenvalue weighted by Crippen LogP contribution is 2.19. The second-order valence-electron chi connectivity index (χ2n) is 5.50. The van der Waals surface area contributed by atoms with Gasteiger partial charge in [-0.1, -0.05) is 48.5 Å². The minimum atomic E-state index is -0.0955. The molecular weight excluding hydrogens is 321 g/mol. The first-order chi connectivity index (χ1) is 10.6. The SMILES string of the molecule is O=C(CN1CCCCCCC1)NN=Cc1ccc(Cl)cc1Cl. The molecule has 1 aromatic carbocycles. The Morgan fingerprint density at radius 2 is 1.86 bits per heavy atom. The third-order valence-corrected chi connectivity index (χ3v) is 4.23. The Balaban J connectivity index is 1.80. The number of halogens is 2. The largest absolute Gasteiger partial charge is 0.294 e. The van der Waals surface area contributed by atoms with Gasteiger partial charge in [-0.2, -0.15) is 5.10 Å². The average molecular weight is 342 g/mol. The lowest BCUT2D eigenvalue weighted by atomic mass is 10.1. The fourth-order valence-electron chi connectivity index (χ4n) is 2.49. The van der Waals surface area contributed by atoms with E-state index in [1.54, 1.807) is 18.2 Å². The number of carbonyl (C=O) groups excluding carboxylic acids is 1. The summed E-state index contributed by atoms with van der Waals surface area (Å²) < 4.78 is 0. The predicted octanol–water partition coefficient (Wildman–Crippen LogP) is 3.71. The molecule has 120 valence electrons. The quantitative estimate of drug-likeness (QED) is 0.670. The lowest BCUT2D eigenvalue weighted by molar-refractivity contribution is -0.122. The molecule has 6 heteroatoms. The standard InChI is InChI=1S/C16H21Cl2N3O/c17-14-7-6-13(15(18)10-14)11-19-20-16(22)12-21-8-4-2-1-3-5-9-21/h6-7,10-11H,1-5,8-9,12H2,(H,20,22). The third-order valence-electron chi connectivity index (χ3n) is 3.67. The van der Waals surface area contributed by atoms with Crippen LogP contribution in [-0.2, 0) is 4.79 Å². The van der Waals surface area contributed by atoms with E-state index in [4.69, 9.17) is 23.2 Å². The molecule has 0 unspecified atom stereocenters. The molecule has 0 saturated carbocycles. The smallest absolute Gasteiger partial charge is 0.254 e. The van der Waals surface area contributed by atoms with Gasteiger partial charge in [-0.05, 0) is 38.1 Å². The Hall–Kier alpha value is -1.10. The third kappa shape index (κ3) is 5.95. The van der Waals surface area contributed by atoms with Gasteiger partial charge in [0, 0.05) is 10.6 Å². The van der Waals surface area contributed by atoms with E-state index >= 15 is 0 Å². The van der Waals surface area contributed by atoms with Gasteiger partial charge in [0.05, 0.1) is 17.8 Å². The van der Waals surface area contributed by atoms with Crippen molar-refractivity contribution >= 4 is 35.3 Å². The van der Waals surface area contributed by atoms with Gasteiger partial charge in [0.1, 0.15) is 0 Å². The van der Waals surface area contributed by atoms with Crippen LogP contribution in [0, 0.1) is 0 Å². The lowest BCUT2D eigenvalue weighted by Crippen LogP contribution is -2.37. The van der Waals surface area contributed by atoms with Gasteiger partial charge in [0.2, 0.25) is 0 Å². The zero-order chi connectivity index (χ0) is 15.8. The molecule has 1 aromatic rings. The number of hydrazone groups is 1. The van der Waals surface area contributed by atoms with Gasteiger partial charge < -0.3 is 0 Å². The zero-order valence-corrected chi connectivity index (χ0v) is 14.0. The van der Waals surface area contributed by atoms with Gasteiger partial charge in [-0.25, -0.2) is 5.43 Å². The highest BCUT2D eigenvalue weighted by molar-refractivity contribution is 6.36. The Morgan fingerprint density at radius 3 is 2.55 bits per heavy atom. The fourth-order valence-corrected chi connectivity index (χ4v) is 2.95. The van der Waals surface area contributed by atoms with Crippen molar-refractivity contribution in [2.75, 3.05) is 19.6 Å². The first-order valence-electron chi connectivity index (χ1n) is 7.64. The molecule has 0 atom stereocenters. The van der Waals surface area contributed by atoms with Crippen molar-refractivity contribution in [1.29, 1.82) is 0 Å². The van der Waals surface area contributed by atoms with E-state index in [9.17, 15) is 4.79 Å². The molecule has 1 heterocycles. The van der Waals surface area contributed by atoms with Gasteiger partial charge in [0.25, 0.3) is 5.91 Å². The molecule has 0 spiro atoms. The maximum absolute atomic E-state index is 11.9. The van der Waals surface area contributed by atoms with Crippen LogP contribution >= 0.6 is 23.2 Å². The summed E-state index contributed by atoms with van der Waals surface area (Å²) in [5, 5.41) is 5.04. The molecule has 0 aromatic heterocycles. The van der Waals surface area contributed by atoms with Gasteiger partial charge in [0.15, 0.2) is 0 Å². The second-order valence-corrected chi connectivity index (χ2v) is 6.35. The minimum absolute atomic E-state index is 0.0955. The predicted molar refractivity (Wildman–Crippen MR) is 91.7 cm³/mol. The van der Waals surface area contributed by atoms with Crippen LogP contribution in [0.3, 0.4) is 0 Å². The van der Waals surface area contributed by atoms with Crippen LogP contribution in [0.2, 0.25) is 10.0 Å². The number of likely N-dealkylation sites (tertiary alicyclic amines) is 1. The van der Waals surface area contributed by atoms with Crippen molar-refractivity contribution in [3.05, 3.63) is 33.8 Å². The van der Waals surface area contributed by atoms with Crippen molar-refractivity contribution in [3.8, 4) is 0 Å². The summed E-state index contributed by atoms with van der Waals surface area (Å²) in [6.45, 7) is 2.37. The number of amides is 1. The summed E-state index contributed by atoms with van der Waals surface area (Å²) in [5.41, 5.74) is 3.27. The number of hydrogen-bond donors (Lipinski definition) is 1. The number of nitrogens with one attached hydrogen (secondary N) is 1.